The Morgan fingerprint density at radius 3 is 2.37 bits per heavy atom. The second-order valence-corrected chi connectivity index (χ2v) is 8.50. The van der Waals surface area contributed by atoms with E-state index < -0.39 is 5.82 Å². The van der Waals surface area contributed by atoms with Gasteiger partial charge in [0.25, 0.3) is 11.8 Å². The molecule has 1 fully saturated rings. The first-order valence-corrected chi connectivity index (χ1v) is 10.5. The molecule has 0 unspecified atom stereocenters. The van der Waals surface area contributed by atoms with Crippen molar-refractivity contribution in [2.45, 2.75) is 40.2 Å². The van der Waals surface area contributed by atoms with Gasteiger partial charge in [-0.25, -0.2) is 4.39 Å². The summed E-state index contributed by atoms with van der Waals surface area (Å²) in [4.78, 5) is 30.2. The Hall–Kier alpha value is -2.95. The number of likely N-dealkylation sites (tertiary alicyclic amines) is 1. The lowest BCUT2D eigenvalue weighted by Crippen LogP contribution is -2.38. The van der Waals surface area contributed by atoms with Crippen LogP contribution in [0.25, 0.3) is 5.57 Å². The standard InChI is InChI=1S/C25H27FN2O2/c1-16-10-12-27(13-11-16)23-22(20-9-8-17(2)14-18(20)3)24(29)28(25(23)30)15-19-6-4-5-7-21(19)26/h4-9,14,16H,10-13,15H2,1-3H3. The van der Waals surface area contributed by atoms with Gasteiger partial charge in [-0.05, 0) is 49.8 Å². The molecular weight excluding hydrogens is 379 g/mol. The van der Waals surface area contributed by atoms with E-state index in [1.807, 2.05) is 32.0 Å². The minimum Gasteiger partial charge on any atom is -0.366 e. The SMILES string of the molecule is Cc1ccc(C2=C(N3CCC(C)CC3)C(=O)N(Cc3ccccc3F)C2=O)c(C)c1. The molecule has 5 heteroatoms. The van der Waals surface area contributed by atoms with Gasteiger partial charge >= 0.3 is 0 Å². The van der Waals surface area contributed by atoms with Crippen LogP contribution in [0.5, 0.6) is 0 Å². The molecule has 2 aromatic carbocycles. The maximum atomic E-state index is 14.2. The van der Waals surface area contributed by atoms with E-state index >= 15 is 0 Å². The highest BCUT2D eigenvalue weighted by Gasteiger charge is 2.42. The molecule has 0 radical (unpaired) electrons. The van der Waals surface area contributed by atoms with E-state index in [9.17, 15) is 14.0 Å². The predicted molar refractivity (Wildman–Crippen MR) is 115 cm³/mol. The zero-order valence-electron chi connectivity index (χ0n) is 17.7. The first-order valence-electron chi connectivity index (χ1n) is 10.5. The number of carbonyl (C=O) groups is 2. The van der Waals surface area contributed by atoms with Crippen LogP contribution in [0, 0.1) is 25.6 Å². The normalized spacial score (nSPS) is 18.0. The van der Waals surface area contributed by atoms with E-state index in [2.05, 4.69) is 11.8 Å². The van der Waals surface area contributed by atoms with Crippen molar-refractivity contribution < 1.29 is 14.0 Å². The maximum absolute atomic E-state index is 14.2. The highest BCUT2D eigenvalue weighted by Crippen LogP contribution is 2.36. The van der Waals surface area contributed by atoms with Crippen LogP contribution >= 0.6 is 0 Å². The van der Waals surface area contributed by atoms with E-state index in [1.165, 1.54) is 11.0 Å². The summed E-state index contributed by atoms with van der Waals surface area (Å²) in [6, 6.07) is 12.2. The molecule has 4 nitrogen and oxygen atoms in total. The summed E-state index contributed by atoms with van der Waals surface area (Å²) < 4.78 is 14.2. The molecule has 0 aromatic heterocycles. The number of rotatable bonds is 4. The summed E-state index contributed by atoms with van der Waals surface area (Å²) in [7, 11) is 0. The van der Waals surface area contributed by atoms with Gasteiger partial charge in [0, 0.05) is 18.7 Å². The smallest absolute Gasteiger partial charge is 0.278 e. The lowest BCUT2D eigenvalue weighted by Gasteiger charge is -2.32. The average molecular weight is 407 g/mol. The van der Waals surface area contributed by atoms with Crippen molar-refractivity contribution in [1.29, 1.82) is 0 Å². The van der Waals surface area contributed by atoms with Crippen molar-refractivity contribution in [3.63, 3.8) is 0 Å². The van der Waals surface area contributed by atoms with Gasteiger partial charge < -0.3 is 4.90 Å². The van der Waals surface area contributed by atoms with Gasteiger partial charge in [-0.3, -0.25) is 14.5 Å². The number of hydrogen-bond donors (Lipinski definition) is 0. The summed E-state index contributed by atoms with van der Waals surface area (Å²) in [5, 5.41) is 0. The molecule has 4 rings (SSSR count). The number of carbonyl (C=O) groups excluding carboxylic acids is 2. The molecule has 0 spiro atoms. The lowest BCUT2D eigenvalue weighted by molar-refractivity contribution is -0.138. The van der Waals surface area contributed by atoms with Crippen molar-refractivity contribution in [1.82, 2.24) is 9.80 Å². The van der Waals surface area contributed by atoms with E-state index in [4.69, 9.17) is 0 Å². The summed E-state index contributed by atoms with van der Waals surface area (Å²) in [5.74, 6) is -0.476. The molecule has 0 N–H and O–H groups in total. The molecule has 0 bridgehead atoms. The molecule has 2 aliphatic heterocycles. The number of piperidine rings is 1. The molecular formula is C25H27FN2O2. The van der Waals surface area contributed by atoms with Gasteiger partial charge in [0.2, 0.25) is 0 Å². The van der Waals surface area contributed by atoms with E-state index in [0.29, 0.717) is 22.8 Å². The highest BCUT2D eigenvalue weighted by molar-refractivity contribution is 6.35. The van der Waals surface area contributed by atoms with Crippen LogP contribution in [0.1, 0.15) is 42.0 Å². The van der Waals surface area contributed by atoms with Gasteiger partial charge in [0.1, 0.15) is 11.5 Å². The van der Waals surface area contributed by atoms with Gasteiger partial charge in [-0.2, -0.15) is 0 Å². The van der Waals surface area contributed by atoms with E-state index in [1.54, 1.807) is 18.2 Å². The number of amides is 2. The van der Waals surface area contributed by atoms with Crippen LogP contribution in [-0.2, 0) is 16.1 Å². The van der Waals surface area contributed by atoms with Crippen LogP contribution in [0.3, 0.4) is 0 Å². The third-order valence-electron chi connectivity index (χ3n) is 6.18. The Morgan fingerprint density at radius 1 is 1.00 bits per heavy atom. The lowest BCUT2D eigenvalue weighted by atomic mass is 9.95. The second kappa shape index (κ2) is 8.05. The molecule has 0 aliphatic carbocycles. The first kappa shape index (κ1) is 20.3. The summed E-state index contributed by atoms with van der Waals surface area (Å²) >= 11 is 0. The fourth-order valence-corrected chi connectivity index (χ4v) is 4.37. The molecule has 2 aromatic rings. The number of benzene rings is 2. The Kier molecular flexibility index (Phi) is 5.46. The molecule has 2 aliphatic rings. The maximum Gasteiger partial charge on any atom is 0.278 e. The largest absolute Gasteiger partial charge is 0.366 e. The number of hydrogen-bond acceptors (Lipinski definition) is 3. The Labute approximate surface area is 177 Å². The molecule has 30 heavy (non-hydrogen) atoms. The third-order valence-corrected chi connectivity index (χ3v) is 6.18. The van der Waals surface area contributed by atoms with Gasteiger partial charge in [-0.15, -0.1) is 0 Å². The minimum atomic E-state index is -0.411. The molecule has 0 atom stereocenters. The molecule has 1 saturated heterocycles. The topological polar surface area (TPSA) is 40.6 Å². The highest BCUT2D eigenvalue weighted by atomic mass is 19.1. The number of halogens is 1. The third kappa shape index (κ3) is 3.64. The van der Waals surface area contributed by atoms with Crippen LogP contribution in [-0.4, -0.2) is 34.7 Å². The Balaban J connectivity index is 1.77. The number of nitrogens with zero attached hydrogens (tertiary/aromatic N) is 2. The number of aryl methyl sites for hydroxylation is 2. The van der Waals surface area contributed by atoms with Gasteiger partial charge in [-0.1, -0.05) is 48.9 Å². The molecule has 0 saturated carbocycles. The zero-order chi connectivity index (χ0) is 21.4. The Morgan fingerprint density at radius 2 is 1.70 bits per heavy atom. The van der Waals surface area contributed by atoms with Gasteiger partial charge in [0.05, 0.1) is 12.1 Å². The molecule has 156 valence electrons. The van der Waals surface area contributed by atoms with Crippen LogP contribution < -0.4 is 0 Å². The van der Waals surface area contributed by atoms with Crippen molar-refractivity contribution >= 4 is 17.4 Å². The minimum absolute atomic E-state index is 0.0630. The monoisotopic (exact) mass is 406 g/mol. The molecule has 2 heterocycles. The van der Waals surface area contributed by atoms with E-state index in [0.717, 1.165) is 42.6 Å². The average Bonchev–Trinajstić information content (AvgIpc) is 2.95. The summed E-state index contributed by atoms with van der Waals surface area (Å²) in [6.45, 7) is 7.61. The van der Waals surface area contributed by atoms with Crippen molar-refractivity contribution in [2.75, 3.05) is 13.1 Å². The van der Waals surface area contributed by atoms with Gasteiger partial charge in [0.15, 0.2) is 0 Å². The van der Waals surface area contributed by atoms with E-state index in [-0.39, 0.29) is 18.4 Å². The Bertz CT molecular complexity index is 1040. The van der Waals surface area contributed by atoms with Crippen LogP contribution in [0.4, 0.5) is 4.39 Å². The predicted octanol–water partition coefficient (Wildman–Crippen LogP) is 4.45. The quantitative estimate of drug-likeness (QED) is 0.704. The zero-order valence-corrected chi connectivity index (χ0v) is 17.7. The van der Waals surface area contributed by atoms with Crippen molar-refractivity contribution in [3.05, 3.63) is 76.2 Å². The van der Waals surface area contributed by atoms with Crippen LogP contribution in [0.2, 0.25) is 0 Å². The molecule has 2 amide bonds. The van der Waals surface area contributed by atoms with Crippen LogP contribution in [0.15, 0.2) is 48.2 Å². The van der Waals surface area contributed by atoms with Crippen molar-refractivity contribution in [2.24, 2.45) is 5.92 Å². The van der Waals surface area contributed by atoms with Crippen molar-refractivity contribution in [3.8, 4) is 0 Å². The summed E-state index contributed by atoms with van der Waals surface area (Å²) in [5.41, 5.74) is 4.10. The fraction of sp³-hybridized carbons (Fsp3) is 0.360. The number of imide groups is 1. The first-order chi connectivity index (χ1) is 14.4. The summed E-state index contributed by atoms with van der Waals surface area (Å²) in [6.07, 6.45) is 1.97. The fourth-order valence-electron chi connectivity index (χ4n) is 4.37. The second-order valence-electron chi connectivity index (χ2n) is 8.50.